The Morgan fingerprint density at radius 3 is 2.72 bits per heavy atom. The number of benzene rings is 1. The molecule has 1 atom stereocenters. The second kappa shape index (κ2) is 4.85. The highest BCUT2D eigenvalue weighted by molar-refractivity contribution is 9.10. The molecule has 98 valence electrons. The smallest absolute Gasteiger partial charge is 0.293 e. The SMILES string of the molecule is O=[N+]([O-])c1cc(Br)ccc1NC1CCS(=O)(=O)C1. The Morgan fingerprint density at radius 2 is 2.17 bits per heavy atom. The average Bonchev–Trinajstić information content (AvgIpc) is 2.60. The van der Waals surface area contributed by atoms with Crippen molar-refractivity contribution in [3.05, 3.63) is 32.8 Å². The molecule has 18 heavy (non-hydrogen) atoms. The Balaban J connectivity index is 2.22. The van der Waals surface area contributed by atoms with Crippen LogP contribution in [0.2, 0.25) is 0 Å². The maximum absolute atomic E-state index is 11.3. The van der Waals surface area contributed by atoms with Crippen molar-refractivity contribution in [1.29, 1.82) is 0 Å². The van der Waals surface area contributed by atoms with Gasteiger partial charge in [-0.15, -0.1) is 0 Å². The van der Waals surface area contributed by atoms with Crippen LogP contribution >= 0.6 is 15.9 Å². The van der Waals surface area contributed by atoms with Crippen molar-refractivity contribution in [2.75, 3.05) is 16.8 Å². The van der Waals surface area contributed by atoms with E-state index in [1.54, 1.807) is 12.1 Å². The third kappa shape index (κ3) is 2.99. The number of nitro benzene ring substituents is 1. The molecule has 0 spiro atoms. The van der Waals surface area contributed by atoms with Crippen LogP contribution in [0, 0.1) is 10.1 Å². The Kier molecular flexibility index (Phi) is 3.58. The molecule has 8 heteroatoms. The van der Waals surface area contributed by atoms with Crippen molar-refractivity contribution < 1.29 is 13.3 Å². The van der Waals surface area contributed by atoms with Crippen molar-refractivity contribution >= 4 is 37.1 Å². The Bertz CT molecular complexity index is 588. The zero-order valence-electron chi connectivity index (χ0n) is 9.30. The number of sulfone groups is 1. The first-order valence-corrected chi connectivity index (χ1v) is 7.90. The van der Waals surface area contributed by atoms with Gasteiger partial charge in [-0.1, -0.05) is 15.9 Å². The summed E-state index contributed by atoms with van der Waals surface area (Å²) in [6, 6.07) is 4.40. The van der Waals surface area contributed by atoms with Crippen molar-refractivity contribution in [3.8, 4) is 0 Å². The normalized spacial score (nSPS) is 21.7. The van der Waals surface area contributed by atoms with E-state index in [2.05, 4.69) is 21.2 Å². The summed E-state index contributed by atoms with van der Waals surface area (Å²) in [5.41, 5.74) is 0.291. The number of rotatable bonds is 3. The summed E-state index contributed by atoms with van der Waals surface area (Å²) < 4.78 is 23.3. The second-order valence-electron chi connectivity index (χ2n) is 4.16. The van der Waals surface area contributed by atoms with Crippen LogP contribution in [0.4, 0.5) is 11.4 Å². The fourth-order valence-electron chi connectivity index (χ4n) is 1.91. The summed E-state index contributed by atoms with van der Waals surface area (Å²) in [5, 5.41) is 13.8. The molecule has 0 aromatic heterocycles. The summed E-state index contributed by atoms with van der Waals surface area (Å²) in [4.78, 5) is 10.4. The predicted molar refractivity (Wildman–Crippen MR) is 71.5 cm³/mol. The molecule has 1 unspecified atom stereocenters. The quantitative estimate of drug-likeness (QED) is 0.674. The molecule has 1 aromatic rings. The van der Waals surface area contributed by atoms with Gasteiger partial charge in [0.1, 0.15) is 5.69 Å². The molecule has 0 radical (unpaired) electrons. The Hall–Kier alpha value is -1.15. The van der Waals surface area contributed by atoms with Crippen molar-refractivity contribution in [2.24, 2.45) is 0 Å². The van der Waals surface area contributed by atoms with Gasteiger partial charge in [0, 0.05) is 16.6 Å². The van der Waals surface area contributed by atoms with Crippen molar-refractivity contribution in [1.82, 2.24) is 0 Å². The zero-order valence-corrected chi connectivity index (χ0v) is 11.7. The molecule has 1 fully saturated rings. The lowest BCUT2D eigenvalue weighted by Crippen LogP contribution is -2.21. The fraction of sp³-hybridized carbons (Fsp3) is 0.400. The highest BCUT2D eigenvalue weighted by Crippen LogP contribution is 2.29. The molecule has 0 saturated carbocycles. The molecule has 1 heterocycles. The average molecular weight is 335 g/mol. The van der Waals surface area contributed by atoms with Crippen molar-refractivity contribution in [3.63, 3.8) is 0 Å². The molecule has 0 aliphatic carbocycles. The highest BCUT2D eigenvalue weighted by Gasteiger charge is 2.29. The maximum atomic E-state index is 11.3. The lowest BCUT2D eigenvalue weighted by Gasteiger charge is -2.12. The predicted octanol–water partition coefficient (Wildman–Crippen LogP) is 1.96. The van der Waals surface area contributed by atoms with Crippen molar-refractivity contribution in [2.45, 2.75) is 12.5 Å². The number of anilines is 1. The van der Waals surface area contributed by atoms with Gasteiger partial charge in [-0.25, -0.2) is 8.42 Å². The fourth-order valence-corrected chi connectivity index (χ4v) is 3.93. The summed E-state index contributed by atoms with van der Waals surface area (Å²) in [6.07, 6.45) is 0.482. The molecule has 2 rings (SSSR count). The minimum absolute atomic E-state index is 0.0280. The summed E-state index contributed by atoms with van der Waals surface area (Å²) >= 11 is 3.17. The molecule has 6 nitrogen and oxygen atoms in total. The van der Waals surface area contributed by atoms with Crippen LogP contribution in [0.1, 0.15) is 6.42 Å². The van der Waals surface area contributed by atoms with Crippen LogP contribution in [0.5, 0.6) is 0 Å². The van der Waals surface area contributed by atoms with E-state index in [4.69, 9.17) is 0 Å². The number of halogens is 1. The van der Waals surface area contributed by atoms with Gasteiger partial charge in [0.25, 0.3) is 5.69 Å². The first-order valence-electron chi connectivity index (χ1n) is 5.28. The first kappa shape index (κ1) is 13.3. The van der Waals surface area contributed by atoms with Gasteiger partial charge in [-0.05, 0) is 18.6 Å². The van der Waals surface area contributed by atoms with Crippen LogP contribution in [-0.4, -0.2) is 30.9 Å². The van der Waals surface area contributed by atoms with Gasteiger partial charge in [0.2, 0.25) is 0 Å². The van der Waals surface area contributed by atoms with Crippen LogP contribution in [0.15, 0.2) is 22.7 Å². The Morgan fingerprint density at radius 1 is 1.44 bits per heavy atom. The Labute approximate surface area is 113 Å². The molecule has 1 N–H and O–H groups in total. The van der Waals surface area contributed by atoms with E-state index in [1.807, 2.05) is 0 Å². The number of nitrogens with one attached hydrogen (secondary N) is 1. The third-order valence-electron chi connectivity index (χ3n) is 2.75. The summed E-state index contributed by atoms with van der Waals surface area (Å²) in [7, 11) is -3.00. The first-order chi connectivity index (χ1) is 8.37. The lowest BCUT2D eigenvalue weighted by molar-refractivity contribution is -0.384. The van der Waals surface area contributed by atoms with Gasteiger partial charge in [0.05, 0.1) is 16.4 Å². The van der Waals surface area contributed by atoms with E-state index in [0.29, 0.717) is 16.6 Å². The molecule has 1 aliphatic heterocycles. The molecule has 1 saturated heterocycles. The number of nitrogens with zero attached hydrogens (tertiary/aromatic N) is 1. The summed E-state index contributed by atoms with van der Waals surface area (Å²) in [5.74, 6) is 0.162. The third-order valence-corrected chi connectivity index (χ3v) is 5.01. The molecule has 0 amide bonds. The maximum Gasteiger partial charge on any atom is 0.293 e. The zero-order chi connectivity index (χ0) is 13.3. The highest BCUT2D eigenvalue weighted by atomic mass is 79.9. The largest absolute Gasteiger partial charge is 0.376 e. The van der Waals surface area contributed by atoms with Crippen LogP contribution in [0.3, 0.4) is 0 Å². The number of hydrogen-bond donors (Lipinski definition) is 1. The van der Waals surface area contributed by atoms with E-state index >= 15 is 0 Å². The number of nitro groups is 1. The van der Waals surface area contributed by atoms with Crippen LogP contribution in [-0.2, 0) is 9.84 Å². The van der Waals surface area contributed by atoms with Gasteiger partial charge >= 0.3 is 0 Å². The molecular formula is C10H11BrN2O4S. The van der Waals surface area contributed by atoms with Gasteiger partial charge in [0.15, 0.2) is 9.84 Å². The lowest BCUT2D eigenvalue weighted by atomic mass is 10.2. The molecule has 1 aromatic carbocycles. The number of hydrogen-bond acceptors (Lipinski definition) is 5. The van der Waals surface area contributed by atoms with Gasteiger partial charge < -0.3 is 5.32 Å². The van der Waals surface area contributed by atoms with Gasteiger partial charge in [-0.2, -0.15) is 0 Å². The standard InChI is InChI=1S/C10H11BrN2O4S/c11-7-1-2-9(10(5-7)13(14)15)12-8-3-4-18(16,17)6-8/h1-2,5,8,12H,3-4,6H2. The monoisotopic (exact) mass is 334 g/mol. The van der Waals surface area contributed by atoms with E-state index in [1.165, 1.54) is 6.07 Å². The second-order valence-corrected chi connectivity index (χ2v) is 7.31. The summed E-state index contributed by atoms with van der Waals surface area (Å²) in [6.45, 7) is 0. The van der Waals surface area contributed by atoms with E-state index in [0.717, 1.165) is 0 Å². The molecule has 0 bridgehead atoms. The van der Waals surface area contributed by atoms with Crippen LogP contribution in [0.25, 0.3) is 0 Å². The molecular weight excluding hydrogens is 324 g/mol. The van der Waals surface area contributed by atoms with Crippen LogP contribution < -0.4 is 5.32 Å². The van der Waals surface area contributed by atoms with Gasteiger partial charge in [-0.3, -0.25) is 10.1 Å². The minimum Gasteiger partial charge on any atom is -0.376 e. The van der Waals surface area contributed by atoms with E-state index in [-0.39, 0.29) is 23.2 Å². The molecule has 1 aliphatic rings. The van der Waals surface area contributed by atoms with E-state index in [9.17, 15) is 18.5 Å². The minimum atomic E-state index is -3.00. The van der Waals surface area contributed by atoms with E-state index < -0.39 is 14.8 Å². The topological polar surface area (TPSA) is 89.3 Å².